The Morgan fingerprint density at radius 3 is 2.33 bits per heavy atom. The van der Waals surface area contributed by atoms with Crippen LogP contribution in [0.25, 0.3) is 11.3 Å². The maximum absolute atomic E-state index is 12.9. The standard InChI is InChI=1S/C22H20Cl2N4O2/c1-30-20-12-17(24)6-7-18(20)22(29)28-10-8-27(9-11-28)21-13-19(25-14-26-21)15-2-4-16(23)5-3-15/h2-7,12-14H,8-11H2,1H3. The van der Waals surface area contributed by atoms with Crippen LogP contribution < -0.4 is 9.64 Å². The van der Waals surface area contributed by atoms with Crippen molar-refractivity contribution in [1.29, 1.82) is 0 Å². The highest BCUT2D eigenvalue weighted by atomic mass is 35.5. The number of piperazine rings is 1. The molecule has 0 N–H and O–H groups in total. The number of carbonyl (C=O) groups is 1. The largest absolute Gasteiger partial charge is 0.496 e. The highest BCUT2D eigenvalue weighted by Gasteiger charge is 2.25. The number of rotatable bonds is 4. The van der Waals surface area contributed by atoms with Crippen LogP contribution in [0.2, 0.25) is 10.0 Å². The topological polar surface area (TPSA) is 58.6 Å². The summed E-state index contributed by atoms with van der Waals surface area (Å²) in [6.45, 7) is 2.53. The quantitative estimate of drug-likeness (QED) is 0.598. The molecule has 1 aromatic heterocycles. The first-order valence-electron chi connectivity index (χ1n) is 9.51. The number of methoxy groups -OCH3 is 1. The first-order chi connectivity index (χ1) is 14.5. The van der Waals surface area contributed by atoms with Crippen molar-refractivity contribution in [3.63, 3.8) is 0 Å². The predicted octanol–water partition coefficient (Wildman–Crippen LogP) is 4.42. The molecule has 6 nitrogen and oxygen atoms in total. The van der Waals surface area contributed by atoms with Gasteiger partial charge in [0.1, 0.15) is 17.9 Å². The summed E-state index contributed by atoms with van der Waals surface area (Å²) in [7, 11) is 1.54. The van der Waals surface area contributed by atoms with E-state index < -0.39 is 0 Å². The third-order valence-electron chi connectivity index (χ3n) is 5.08. The Bertz CT molecular complexity index is 1050. The van der Waals surface area contributed by atoms with Gasteiger partial charge in [0.05, 0.1) is 18.4 Å². The fourth-order valence-corrected chi connectivity index (χ4v) is 3.74. The van der Waals surface area contributed by atoms with Crippen LogP contribution in [0.15, 0.2) is 54.9 Å². The highest BCUT2D eigenvalue weighted by Crippen LogP contribution is 2.26. The number of ether oxygens (including phenoxy) is 1. The molecule has 0 bridgehead atoms. The molecule has 0 atom stereocenters. The lowest BCUT2D eigenvalue weighted by Crippen LogP contribution is -2.49. The molecule has 0 radical (unpaired) electrons. The molecule has 0 saturated carbocycles. The zero-order valence-corrected chi connectivity index (χ0v) is 17.9. The lowest BCUT2D eigenvalue weighted by molar-refractivity contribution is 0.0743. The van der Waals surface area contributed by atoms with Crippen molar-refractivity contribution in [2.45, 2.75) is 0 Å². The van der Waals surface area contributed by atoms with Crippen molar-refractivity contribution in [1.82, 2.24) is 14.9 Å². The summed E-state index contributed by atoms with van der Waals surface area (Å²) in [5, 5.41) is 1.22. The van der Waals surface area contributed by atoms with Gasteiger partial charge in [-0.05, 0) is 30.3 Å². The molecule has 1 saturated heterocycles. The van der Waals surface area contributed by atoms with Crippen LogP contribution in [0.4, 0.5) is 5.82 Å². The van der Waals surface area contributed by atoms with Gasteiger partial charge in [0.25, 0.3) is 5.91 Å². The fraction of sp³-hybridized carbons (Fsp3) is 0.227. The molecule has 1 aliphatic heterocycles. The molecule has 154 valence electrons. The molecule has 2 heterocycles. The van der Waals surface area contributed by atoms with E-state index in [-0.39, 0.29) is 5.91 Å². The number of anilines is 1. The fourth-order valence-electron chi connectivity index (χ4n) is 3.45. The van der Waals surface area contributed by atoms with E-state index >= 15 is 0 Å². The summed E-state index contributed by atoms with van der Waals surface area (Å²) in [5.41, 5.74) is 2.33. The van der Waals surface area contributed by atoms with E-state index in [1.807, 2.05) is 35.2 Å². The molecule has 4 rings (SSSR count). The summed E-state index contributed by atoms with van der Waals surface area (Å²) >= 11 is 12.0. The van der Waals surface area contributed by atoms with Gasteiger partial charge in [0, 0.05) is 47.9 Å². The zero-order valence-electron chi connectivity index (χ0n) is 16.4. The van der Waals surface area contributed by atoms with Gasteiger partial charge in [-0.2, -0.15) is 0 Å². The van der Waals surface area contributed by atoms with E-state index in [0.29, 0.717) is 47.5 Å². The summed E-state index contributed by atoms with van der Waals surface area (Å²) < 4.78 is 5.32. The predicted molar refractivity (Wildman–Crippen MR) is 119 cm³/mol. The van der Waals surface area contributed by atoms with Gasteiger partial charge in [-0.1, -0.05) is 35.3 Å². The van der Waals surface area contributed by atoms with E-state index in [1.165, 1.54) is 7.11 Å². The second-order valence-corrected chi connectivity index (χ2v) is 7.77. The second-order valence-electron chi connectivity index (χ2n) is 6.89. The molecule has 0 aliphatic carbocycles. The number of amides is 1. The molecule has 3 aromatic rings. The zero-order chi connectivity index (χ0) is 21.1. The highest BCUT2D eigenvalue weighted by molar-refractivity contribution is 6.31. The Balaban J connectivity index is 1.45. The van der Waals surface area contributed by atoms with Gasteiger partial charge in [-0.3, -0.25) is 4.79 Å². The van der Waals surface area contributed by atoms with Gasteiger partial charge in [0.2, 0.25) is 0 Å². The third kappa shape index (κ3) is 4.35. The molecule has 1 aliphatic rings. The first kappa shape index (κ1) is 20.4. The SMILES string of the molecule is COc1cc(Cl)ccc1C(=O)N1CCN(c2cc(-c3ccc(Cl)cc3)ncn2)CC1. The summed E-state index contributed by atoms with van der Waals surface area (Å²) in [6.07, 6.45) is 1.56. The summed E-state index contributed by atoms with van der Waals surface area (Å²) in [6, 6.07) is 14.6. The van der Waals surface area contributed by atoms with Crippen LogP contribution in [0.3, 0.4) is 0 Å². The van der Waals surface area contributed by atoms with Crippen LogP contribution in [-0.4, -0.2) is 54.1 Å². The molecule has 1 amide bonds. The number of hydrogen-bond acceptors (Lipinski definition) is 5. The van der Waals surface area contributed by atoms with Crippen molar-refractivity contribution in [3.8, 4) is 17.0 Å². The van der Waals surface area contributed by atoms with Crippen LogP contribution in [0.5, 0.6) is 5.75 Å². The number of halogens is 2. The maximum Gasteiger partial charge on any atom is 0.257 e. The molecule has 0 spiro atoms. The van der Waals surface area contributed by atoms with Crippen LogP contribution >= 0.6 is 23.2 Å². The van der Waals surface area contributed by atoms with Crippen LogP contribution in [0.1, 0.15) is 10.4 Å². The molecule has 30 heavy (non-hydrogen) atoms. The molecular weight excluding hydrogens is 423 g/mol. The van der Waals surface area contributed by atoms with Gasteiger partial charge in [0.15, 0.2) is 0 Å². The molecule has 0 unspecified atom stereocenters. The van der Waals surface area contributed by atoms with Gasteiger partial charge < -0.3 is 14.5 Å². The van der Waals surface area contributed by atoms with E-state index in [2.05, 4.69) is 14.9 Å². The third-order valence-corrected chi connectivity index (χ3v) is 5.56. The number of benzene rings is 2. The number of aromatic nitrogens is 2. The summed E-state index contributed by atoms with van der Waals surface area (Å²) in [5.74, 6) is 1.26. The number of nitrogens with zero attached hydrogens (tertiary/aromatic N) is 4. The second kappa shape index (κ2) is 8.90. The van der Waals surface area contributed by atoms with Crippen molar-refractivity contribution in [2.24, 2.45) is 0 Å². The van der Waals surface area contributed by atoms with Crippen molar-refractivity contribution >= 4 is 34.9 Å². The average Bonchev–Trinajstić information content (AvgIpc) is 2.79. The Morgan fingerprint density at radius 1 is 0.933 bits per heavy atom. The minimum atomic E-state index is -0.0623. The minimum absolute atomic E-state index is 0.0623. The van der Waals surface area contributed by atoms with Crippen LogP contribution in [-0.2, 0) is 0 Å². The van der Waals surface area contributed by atoms with Gasteiger partial charge >= 0.3 is 0 Å². The van der Waals surface area contributed by atoms with Crippen molar-refractivity contribution < 1.29 is 9.53 Å². The van der Waals surface area contributed by atoms with Gasteiger partial charge in [-0.15, -0.1) is 0 Å². The average molecular weight is 443 g/mol. The molecule has 2 aromatic carbocycles. The first-order valence-corrected chi connectivity index (χ1v) is 10.3. The number of carbonyl (C=O) groups excluding carboxylic acids is 1. The van der Waals surface area contributed by atoms with E-state index in [9.17, 15) is 4.79 Å². The van der Waals surface area contributed by atoms with Crippen LogP contribution in [0, 0.1) is 0 Å². The van der Waals surface area contributed by atoms with Crippen molar-refractivity contribution in [2.75, 3.05) is 38.2 Å². The van der Waals surface area contributed by atoms with E-state index in [1.54, 1.807) is 24.5 Å². The Labute approximate surface area is 185 Å². The van der Waals surface area contributed by atoms with Gasteiger partial charge in [-0.25, -0.2) is 9.97 Å². The Morgan fingerprint density at radius 2 is 1.63 bits per heavy atom. The molecular formula is C22H20Cl2N4O2. The van der Waals surface area contributed by atoms with E-state index in [0.717, 1.165) is 17.1 Å². The molecule has 8 heteroatoms. The Kier molecular flexibility index (Phi) is 6.06. The summed E-state index contributed by atoms with van der Waals surface area (Å²) in [4.78, 5) is 25.7. The lowest BCUT2D eigenvalue weighted by atomic mass is 10.1. The smallest absolute Gasteiger partial charge is 0.257 e. The molecule has 1 fully saturated rings. The lowest BCUT2D eigenvalue weighted by Gasteiger charge is -2.35. The minimum Gasteiger partial charge on any atom is -0.496 e. The maximum atomic E-state index is 12.9. The van der Waals surface area contributed by atoms with E-state index in [4.69, 9.17) is 27.9 Å². The van der Waals surface area contributed by atoms with Crippen molar-refractivity contribution in [3.05, 3.63) is 70.5 Å². The Hall–Kier alpha value is -2.83. The monoisotopic (exact) mass is 442 g/mol. The number of hydrogen-bond donors (Lipinski definition) is 0. The normalized spacial score (nSPS) is 14.0.